The highest BCUT2D eigenvalue weighted by Gasteiger charge is 2.10. The molecule has 0 fully saturated rings. The molecule has 0 atom stereocenters. The molecule has 0 unspecified atom stereocenters. The summed E-state index contributed by atoms with van der Waals surface area (Å²) in [6, 6.07) is 24.8. The van der Waals surface area contributed by atoms with Gasteiger partial charge in [0.05, 0.1) is 22.5 Å². The summed E-state index contributed by atoms with van der Waals surface area (Å²) in [5.74, 6) is 0.462. The largest absolute Gasteiger partial charge is 0.482 e. The Bertz CT molecular complexity index is 1000. The molecule has 0 aliphatic carbocycles. The molecule has 0 bridgehead atoms. The van der Waals surface area contributed by atoms with Gasteiger partial charge in [0.1, 0.15) is 5.75 Å². The van der Waals surface area contributed by atoms with Crippen molar-refractivity contribution in [3.05, 3.63) is 77.8 Å². The molecule has 0 saturated carbocycles. The van der Waals surface area contributed by atoms with Crippen LogP contribution in [0.2, 0.25) is 5.02 Å². The molecule has 3 aromatic carbocycles. The van der Waals surface area contributed by atoms with Crippen molar-refractivity contribution in [3.8, 4) is 22.9 Å². The average molecular weight is 409 g/mol. The Kier molecular flexibility index (Phi) is 6.96. The highest BCUT2D eigenvalue weighted by Crippen LogP contribution is 2.30. The Hall–Kier alpha value is -2.94. The van der Waals surface area contributed by atoms with Crippen LogP contribution < -0.4 is 10.1 Å². The lowest BCUT2D eigenvalue weighted by atomic mass is 10.1. The number of hydrogen-bond donors (Lipinski definition) is 1. The van der Waals surface area contributed by atoms with E-state index >= 15 is 0 Å². The normalized spacial score (nSPS) is 10.1. The van der Waals surface area contributed by atoms with E-state index in [-0.39, 0.29) is 12.5 Å². The first-order valence-electron chi connectivity index (χ1n) is 8.54. The van der Waals surface area contributed by atoms with Crippen LogP contribution in [0, 0.1) is 11.3 Å². The number of carbonyl (C=O) groups excluding carboxylic acids is 1. The molecule has 1 N–H and O–H groups in total. The third kappa shape index (κ3) is 5.29. The van der Waals surface area contributed by atoms with Crippen LogP contribution in [0.3, 0.4) is 0 Å². The van der Waals surface area contributed by atoms with Crippen LogP contribution in [0.25, 0.3) is 11.1 Å². The smallest absolute Gasteiger partial charge is 0.262 e. The Labute approximate surface area is 173 Å². The molecule has 0 heterocycles. The minimum absolute atomic E-state index is 0.165. The number of para-hydroxylation sites is 1. The van der Waals surface area contributed by atoms with Crippen molar-refractivity contribution in [3.63, 3.8) is 0 Å². The van der Waals surface area contributed by atoms with E-state index in [1.54, 1.807) is 12.1 Å². The number of nitriles is 1. The van der Waals surface area contributed by atoms with E-state index in [1.165, 1.54) is 11.8 Å². The second-order valence-corrected chi connectivity index (χ2v) is 7.22. The van der Waals surface area contributed by atoms with Gasteiger partial charge < -0.3 is 10.1 Å². The predicted octanol–water partition coefficient (Wildman–Crippen LogP) is 5.64. The Morgan fingerprint density at radius 2 is 1.79 bits per heavy atom. The number of hydrogen-bond acceptors (Lipinski definition) is 4. The second-order valence-electron chi connectivity index (χ2n) is 5.79. The van der Waals surface area contributed by atoms with Crippen LogP contribution >= 0.6 is 23.4 Å². The summed E-state index contributed by atoms with van der Waals surface area (Å²) >= 11 is 7.68. The summed E-state index contributed by atoms with van der Waals surface area (Å²) in [4.78, 5) is 13.1. The van der Waals surface area contributed by atoms with Gasteiger partial charge in [0.25, 0.3) is 5.91 Å². The van der Waals surface area contributed by atoms with Gasteiger partial charge in [0.2, 0.25) is 0 Å². The molecule has 0 radical (unpaired) electrons. The number of rotatable bonds is 7. The van der Waals surface area contributed by atoms with Gasteiger partial charge >= 0.3 is 0 Å². The fourth-order valence-corrected chi connectivity index (χ4v) is 3.47. The first kappa shape index (κ1) is 19.8. The van der Waals surface area contributed by atoms with Crippen molar-refractivity contribution in [1.82, 2.24) is 0 Å². The maximum atomic E-state index is 12.3. The van der Waals surface area contributed by atoms with E-state index in [1.807, 2.05) is 60.7 Å². The fourth-order valence-electron chi connectivity index (χ4n) is 2.56. The number of halogens is 1. The first-order valence-corrected chi connectivity index (χ1v) is 9.90. The Morgan fingerprint density at radius 1 is 1.04 bits per heavy atom. The quantitative estimate of drug-likeness (QED) is 0.514. The van der Waals surface area contributed by atoms with Gasteiger partial charge in [0, 0.05) is 4.90 Å². The fraction of sp³-hybridized carbons (Fsp3) is 0.0909. The first-order chi connectivity index (χ1) is 13.7. The summed E-state index contributed by atoms with van der Waals surface area (Å²) in [7, 11) is 0. The lowest BCUT2D eigenvalue weighted by Crippen LogP contribution is -2.20. The SMILES string of the molecule is N#CCSc1ccccc1NC(=O)COc1ccc(-c2ccccc2)cc1Cl. The maximum Gasteiger partial charge on any atom is 0.262 e. The van der Waals surface area contributed by atoms with E-state index < -0.39 is 0 Å². The summed E-state index contributed by atoms with van der Waals surface area (Å²) < 4.78 is 5.58. The zero-order chi connectivity index (χ0) is 19.8. The number of anilines is 1. The van der Waals surface area contributed by atoms with Crippen molar-refractivity contribution in [1.29, 1.82) is 5.26 Å². The molecule has 3 rings (SSSR count). The number of nitrogens with one attached hydrogen (secondary N) is 1. The molecule has 4 nitrogen and oxygen atoms in total. The maximum absolute atomic E-state index is 12.3. The topological polar surface area (TPSA) is 62.1 Å². The third-order valence-electron chi connectivity index (χ3n) is 3.85. The summed E-state index contributed by atoms with van der Waals surface area (Å²) in [5.41, 5.74) is 2.69. The Balaban J connectivity index is 1.62. The van der Waals surface area contributed by atoms with Crippen molar-refractivity contribution in [2.24, 2.45) is 0 Å². The van der Waals surface area contributed by atoms with Crippen LogP contribution in [0.5, 0.6) is 5.75 Å². The second kappa shape index (κ2) is 9.84. The van der Waals surface area contributed by atoms with E-state index in [4.69, 9.17) is 21.6 Å². The monoisotopic (exact) mass is 408 g/mol. The highest BCUT2D eigenvalue weighted by molar-refractivity contribution is 7.99. The standard InChI is InChI=1S/C22H17ClN2O2S/c23-18-14-17(16-6-2-1-3-7-16)10-11-20(18)27-15-22(26)25-19-8-4-5-9-21(19)28-13-12-24/h1-11,14H,13,15H2,(H,25,26). The van der Waals surface area contributed by atoms with E-state index in [9.17, 15) is 4.79 Å². The van der Waals surface area contributed by atoms with Crippen LogP contribution in [-0.4, -0.2) is 18.3 Å². The molecule has 0 aromatic heterocycles. The number of benzene rings is 3. The van der Waals surface area contributed by atoms with E-state index in [0.717, 1.165) is 16.0 Å². The van der Waals surface area contributed by atoms with Crippen LogP contribution in [0.1, 0.15) is 0 Å². The van der Waals surface area contributed by atoms with Gasteiger partial charge in [0.15, 0.2) is 6.61 Å². The zero-order valence-electron chi connectivity index (χ0n) is 14.9. The lowest BCUT2D eigenvalue weighted by molar-refractivity contribution is -0.118. The van der Waals surface area contributed by atoms with Gasteiger partial charge in [-0.05, 0) is 35.4 Å². The summed E-state index contributed by atoms with van der Waals surface area (Å²) in [6.45, 7) is -0.165. The molecule has 0 aliphatic rings. The average Bonchev–Trinajstić information content (AvgIpc) is 2.73. The minimum atomic E-state index is -0.298. The number of nitrogens with zero attached hydrogens (tertiary/aromatic N) is 1. The molecule has 0 aliphatic heterocycles. The molecular weight excluding hydrogens is 392 g/mol. The predicted molar refractivity (Wildman–Crippen MR) is 114 cm³/mol. The number of thioether (sulfide) groups is 1. The van der Waals surface area contributed by atoms with Crippen LogP contribution in [-0.2, 0) is 4.79 Å². The molecule has 6 heteroatoms. The molecule has 28 heavy (non-hydrogen) atoms. The lowest BCUT2D eigenvalue weighted by Gasteiger charge is -2.12. The van der Waals surface area contributed by atoms with E-state index in [0.29, 0.717) is 22.2 Å². The van der Waals surface area contributed by atoms with Crippen molar-refractivity contribution in [2.75, 3.05) is 17.7 Å². The van der Waals surface area contributed by atoms with Crippen molar-refractivity contribution >= 4 is 35.0 Å². The summed E-state index contributed by atoms with van der Waals surface area (Å²) in [5, 5.41) is 12.0. The molecule has 140 valence electrons. The minimum Gasteiger partial charge on any atom is -0.482 e. The molecule has 3 aromatic rings. The zero-order valence-corrected chi connectivity index (χ0v) is 16.5. The van der Waals surface area contributed by atoms with E-state index in [2.05, 4.69) is 11.4 Å². The highest BCUT2D eigenvalue weighted by atomic mass is 35.5. The van der Waals surface area contributed by atoms with Gasteiger partial charge in [-0.3, -0.25) is 4.79 Å². The third-order valence-corrected chi connectivity index (χ3v) is 5.09. The van der Waals surface area contributed by atoms with Crippen LogP contribution in [0.15, 0.2) is 77.7 Å². The molecule has 1 amide bonds. The number of carbonyl (C=O) groups is 1. The van der Waals surface area contributed by atoms with Gasteiger partial charge in [-0.1, -0.05) is 60.1 Å². The number of amides is 1. The van der Waals surface area contributed by atoms with Crippen LogP contribution in [0.4, 0.5) is 5.69 Å². The Morgan fingerprint density at radius 3 is 2.54 bits per heavy atom. The van der Waals surface area contributed by atoms with Gasteiger partial charge in [-0.15, -0.1) is 11.8 Å². The molecule has 0 spiro atoms. The molecule has 0 saturated heterocycles. The van der Waals surface area contributed by atoms with Crippen molar-refractivity contribution in [2.45, 2.75) is 4.90 Å². The molecular formula is C22H17ClN2O2S. The van der Waals surface area contributed by atoms with Gasteiger partial charge in [-0.2, -0.15) is 5.26 Å². The van der Waals surface area contributed by atoms with Crippen molar-refractivity contribution < 1.29 is 9.53 Å². The number of ether oxygens (including phenoxy) is 1. The van der Waals surface area contributed by atoms with Gasteiger partial charge in [-0.25, -0.2) is 0 Å². The summed E-state index contributed by atoms with van der Waals surface area (Å²) in [6.07, 6.45) is 0.